The van der Waals surface area contributed by atoms with Crippen molar-refractivity contribution in [2.24, 2.45) is 11.8 Å². The summed E-state index contributed by atoms with van der Waals surface area (Å²) >= 11 is 3.47. The predicted octanol–water partition coefficient (Wildman–Crippen LogP) is 3.28. The van der Waals surface area contributed by atoms with Crippen molar-refractivity contribution in [3.63, 3.8) is 0 Å². The second-order valence-corrected chi connectivity index (χ2v) is 5.98. The standard InChI is InChI=1S/C13H20BrN3/c1-4-12-15-11(14)6-13(16-12)17-7-9(2)5-10(3)8-17/h6,9-10H,4-5,7-8H2,1-3H3. The highest BCUT2D eigenvalue weighted by Crippen LogP contribution is 2.26. The molecule has 2 heterocycles. The lowest BCUT2D eigenvalue weighted by molar-refractivity contribution is 0.355. The molecule has 2 rings (SSSR count). The SMILES string of the molecule is CCc1nc(Br)cc(N2CC(C)CC(C)C2)n1. The third-order valence-corrected chi connectivity index (χ3v) is 3.64. The van der Waals surface area contributed by atoms with E-state index in [0.717, 1.165) is 47.6 Å². The Labute approximate surface area is 112 Å². The lowest BCUT2D eigenvalue weighted by Gasteiger charge is -2.35. The molecule has 1 aromatic heterocycles. The summed E-state index contributed by atoms with van der Waals surface area (Å²) in [6.45, 7) is 8.94. The lowest BCUT2D eigenvalue weighted by Crippen LogP contribution is -2.39. The van der Waals surface area contributed by atoms with Gasteiger partial charge in [0.15, 0.2) is 0 Å². The Morgan fingerprint density at radius 1 is 1.29 bits per heavy atom. The van der Waals surface area contributed by atoms with Gasteiger partial charge in [0.25, 0.3) is 0 Å². The zero-order valence-corrected chi connectivity index (χ0v) is 12.4. The summed E-state index contributed by atoms with van der Waals surface area (Å²) in [5, 5.41) is 0. The Morgan fingerprint density at radius 2 is 1.94 bits per heavy atom. The largest absolute Gasteiger partial charge is 0.356 e. The minimum atomic E-state index is 0.748. The average Bonchev–Trinajstić information content (AvgIpc) is 2.26. The number of hydrogen-bond donors (Lipinski definition) is 0. The van der Waals surface area contributed by atoms with Crippen LogP contribution in [0.15, 0.2) is 10.7 Å². The van der Waals surface area contributed by atoms with Crippen molar-refractivity contribution in [3.05, 3.63) is 16.5 Å². The predicted molar refractivity (Wildman–Crippen MR) is 74.3 cm³/mol. The van der Waals surface area contributed by atoms with E-state index in [1.807, 2.05) is 6.07 Å². The first-order valence-corrected chi connectivity index (χ1v) is 7.16. The third kappa shape index (κ3) is 3.18. The molecule has 0 aliphatic carbocycles. The Morgan fingerprint density at radius 3 is 2.53 bits per heavy atom. The van der Waals surface area contributed by atoms with Crippen molar-refractivity contribution in [3.8, 4) is 0 Å². The molecule has 2 unspecified atom stereocenters. The zero-order chi connectivity index (χ0) is 12.4. The molecule has 3 nitrogen and oxygen atoms in total. The van der Waals surface area contributed by atoms with Crippen LogP contribution in [-0.2, 0) is 6.42 Å². The molecular formula is C13H20BrN3. The van der Waals surface area contributed by atoms with Crippen molar-refractivity contribution in [2.45, 2.75) is 33.6 Å². The number of piperidine rings is 1. The molecule has 1 aromatic rings. The van der Waals surface area contributed by atoms with Crippen LogP contribution in [0, 0.1) is 11.8 Å². The van der Waals surface area contributed by atoms with E-state index in [2.05, 4.69) is 51.6 Å². The number of anilines is 1. The topological polar surface area (TPSA) is 29.0 Å². The van der Waals surface area contributed by atoms with Crippen LogP contribution in [0.4, 0.5) is 5.82 Å². The van der Waals surface area contributed by atoms with Gasteiger partial charge in [0.05, 0.1) is 0 Å². The molecule has 1 aliphatic heterocycles. The number of nitrogens with zero attached hydrogens (tertiary/aromatic N) is 3. The molecule has 1 fully saturated rings. The van der Waals surface area contributed by atoms with Crippen LogP contribution >= 0.6 is 15.9 Å². The average molecular weight is 298 g/mol. The first-order chi connectivity index (χ1) is 8.08. The van der Waals surface area contributed by atoms with Gasteiger partial charge in [-0.05, 0) is 34.2 Å². The fraction of sp³-hybridized carbons (Fsp3) is 0.692. The minimum absolute atomic E-state index is 0.748. The fourth-order valence-corrected chi connectivity index (χ4v) is 3.03. The maximum absolute atomic E-state index is 4.63. The third-order valence-electron chi connectivity index (χ3n) is 3.24. The molecule has 94 valence electrons. The van der Waals surface area contributed by atoms with Crippen LogP contribution in [0.3, 0.4) is 0 Å². The van der Waals surface area contributed by atoms with Crippen molar-refractivity contribution >= 4 is 21.7 Å². The fourth-order valence-electron chi connectivity index (χ4n) is 2.62. The second-order valence-electron chi connectivity index (χ2n) is 5.17. The van der Waals surface area contributed by atoms with Crippen molar-refractivity contribution < 1.29 is 0 Å². The van der Waals surface area contributed by atoms with E-state index in [9.17, 15) is 0 Å². The van der Waals surface area contributed by atoms with Gasteiger partial charge >= 0.3 is 0 Å². The van der Waals surface area contributed by atoms with Gasteiger partial charge < -0.3 is 4.90 Å². The molecule has 0 spiro atoms. The first-order valence-electron chi connectivity index (χ1n) is 6.37. The molecule has 4 heteroatoms. The van der Waals surface area contributed by atoms with Crippen molar-refractivity contribution in [2.75, 3.05) is 18.0 Å². The first kappa shape index (κ1) is 12.8. The maximum Gasteiger partial charge on any atom is 0.133 e. The number of aryl methyl sites for hydroxylation is 1. The summed E-state index contributed by atoms with van der Waals surface area (Å²) in [6.07, 6.45) is 2.20. The van der Waals surface area contributed by atoms with E-state index in [1.54, 1.807) is 0 Å². The summed E-state index contributed by atoms with van der Waals surface area (Å²) in [5.41, 5.74) is 0. The molecule has 0 bridgehead atoms. The summed E-state index contributed by atoms with van der Waals surface area (Å²) in [4.78, 5) is 11.4. The highest BCUT2D eigenvalue weighted by molar-refractivity contribution is 9.10. The van der Waals surface area contributed by atoms with Crippen molar-refractivity contribution in [1.82, 2.24) is 9.97 Å². The van der Waals surface area contributed by atoms with E-state index in [1.165, 1.54) is 6.42 Å². The summed E-state index contributed by atoms with van der Waals surface area (Å²) in [7, 11) is 0. The van der Waals surface area contributed by atoms with Crippen molar-refractivity contribution in [1.29, 1.82) is 0 Å². The Balaban J connectivity index is 2.23. The molecule has 1 aliphatic rings. The smallest absolute Gasteiger partial charge is 0.133 e. The number of hydrogen-bond acceptors (Lipinski definition) is 3. The van der Waals surface area contributed by atoms with Crippen LogP contribution in [0.5, 0.6) is 0 Å². The van der Waals surface area contributed by atoms with Gasteiger partial charge in [-0.1, -0.05) is 20.8 Å². The molecular weight excluding hydrogens is 278 g/mol. The van der Waals surface area contributed by atoms with E-state index >= 15 is 0 Å². The molecule has 0 amide bonds. The molecule has 2 atom stereocenters. The van der Waals surface area contributed by atoms with Gasteiger partial charge in [-0.15, -0.1) is 0 Å². The Kier molecular flexibility index (Phi) is 4.02. The van der Waals surface area contributed by atoms with E-state index < -0.39 is 0 Å². The maximum atomic E-state index is 4.63. The molecule has 0 saturated carbocycles. The molecule has 17 heavy (non-hydrogen) atoms. The highest BCUT2D eigenvalue weighted by atomic mass is 79.9. The quantitative estimate of drug-likeness (QED) is 0.785. The second kappa shape index (κ2) is 5.34. The van der Waals surface area contributed by atoms with Gasteiger partial charge in [-0.3, -0.25) is 0 Å². The van der Waals surface area contributed by atoms with E-state index in [-0.39, 0.29) is 0 Å². The van der Waals surface area contributed by atoms with Crippen LogP contribution in [0.25, 0.3) is 0 Å². The summed E-state index contributed by atoms with van der Waals surface area (Å²) in [5.74, 6) is 3.48. The van der Waals surface area contributed by atoms with Gasteiger partial charge in [0, 0.05) is 25.6 Å². The number of rotatable bonds is 2. The molecule has 0 aromatic carbocycles. The van der Waals surface area contributed by atoms with E-state index in [4.69, 9.17) is 0 Å². The minimum Gasteiger partial charge on any atom is -0.356 e. The van der Waals surface area contributed by atoms with Crippen LogP contribution in [-0.4, -0.2) is 23.1 Å². The van der Waals surface area contributed by atoms with Gasteiger partial charge in [-0.25, -0.2) is 9.97 Å². The zero-order valence-electron chi connectivity index (χ0n) is 10.8. The molecule has 0 radical (unpaired) electrons. The van der Waals surface area contributed by atoms with Crippen LogP contribution < -0.4 is 4.90 Å². The summed E-state index contributed by atoms with van der Waals surface area (Å²) in [6, 6.07) is 2.03. The summed E-state index contributed by atoms with van der Waals surface area (Å²) < 4.78 is 0.894. The highest BCUT2D eigenvalue weighted by Gasteiger charge is 2.23. The van der Waals surface area contributed by atoms with Gasteiger partial charge in [0.2, 0.25) is 0 Å². The Hall–Kier alpha value is -0.640. The van der Waals surface area contributed by atoms with Gasteiger partial charge in [-0.2, -0.15) is 0 Å². The van der Waals surface area contributed by atoms with E-state index in [0.29, 0.717) is 0 Å². The lowest BCUT2D eigenvalue weighted by atomic mass is 9.92. The monoisotopic (exact) mass is 297 g/mol. The molecule has 1 saturated heterocycles. The normalized spacial score (nSPS) is 25.1. The van der Waals surface area contributed by atoms with Crippen LogP contribution in [0.2, 0.25) is 0 Å². The molecule has 0 N–H and O–H groups in total. The Bertz CT molecular complexity index is 384. The number of halogens is 1. The van der Waals surface area contributed by atoms with Gasteiger partial charge in [0.1, 0.15) is 16.2 Å². The van der Waals surface area contributed by atoms with Crippen LogP contribution in [0.1, 0.15) is 33.0 Å². The number of aromatic nitrogens is 2.